The van der Waals surface area contributed by atoms with Crippen LogP contribution in [0, 0.1) is 35.0 Å². The van der Waals surface area contributed by atoms with E-state index in [1.54, 1.807) is 0 Å². The molecule has 11 nitrogen and oxygen atoms in total. The van der Waals surface area contributed by atoms with Crippen LogP contribution in [0.15, 0.2) is 82.9 Å². The number of piperidine rings is 1. The molecule has 2 aromatic carbocycles. The Hall–Kier alpha value is -4.35. The molecule has 0 bridgehead atoms. The van der Waals surface area contributed by atoms with Gasteiger partial charge in [0.05, 0.1) is 0 Å². The van der Waals surface area contributed by atoms with Crippen LogP contribution in [0.2, 0.25) is 0 Å². The van der Waals surface area contributed by atoms with Gasteiger partial charge in [-0.2, -0.15) is 15.0 Å². The first-order valence-electron chi connectivity index (χ1n) is 37.8. The van der Waals surface area contributed by atoms with Gasteiger partial charge in [-0.3, -0.25) is 4.99 Å². The fourth-order valence-electron chi connectivity index (χ4n) is 14.3. The molecule has 1 saturated carbocycles. The van der Waals surface area contributed by atoms with Crippen molar-refractivity contribution in [2.75, 3.05) is 48.3 Å². The largest absolute Gasteiger partial charge is 0.344 e. The summed E-state index contributed by atoms with van der Waals surface area (Å²) in [5, 5.41) is 18.4. The van der Waals surface area contributed by atoms with Gasteiger partial charge in [-0.1, -0.05) is 247 Å². The topological polar surface area (TPSA) is 127 Å². The molecule has 508 valence electrons. The number of unbranched alkanes of at least 4 members (excludes halogenated alkanes) is 18. The second-order valence-electron chi connectivity index (χ2n) is 29.4. The van der Waals surface area contributed by atoms with Gasteiger partial charge < -0.3 is 31.5 Å². The SMILES string of the molecule is C=C(NC(N=C(C)Nc1ccccc1)=NCCCCCCCCCC1CCC(CCCCCC)C(CCCCCC)C1CCCCCCCCCNC(CC)C(C)(CC)c1nc(Nc2ccccc2)nc(N2CCC(CNC(C)(C)CC)CC2)n1)C(C)(C)CC. The van der Waals surface area contributed by atoms with Gasteiger partial charge in [-0.15, -0.1) is 0 Å². The number of aliphatic imine (C=N–C) groups is 2. The number of para-hydroxylation sites is 2. The van der Waals surface area contributed by atoms with Crippen molar-refractivity contribution >= 4 is 35.1 Å². The zero-order valence-corrected chi connectivity index (χ0v) is 60.2. The highest BCUT2D eigenvalue weighted by Gasteiger charge is 2.39. The van der Waals surface area contributed by atoms with Crippen LogP contribution in [0.25, 0.3) is 0 Å². The van der Waals surface area contributed by atoms with Crippen molar-refractivity contribution < 1.29 is 0 Å². The van der Waals surface area contributed by atoms with E-state index in [0.717, 1.165) is 136 Å². The predicted molar refractivity (Wildman–Crippen MR) is 393 cm³/mol. The van der Waals surface area contributed by atoms with Crippen molar-refractivity contribution in [2.24, 2.45) is 45.0 Å². The minimum Gasteiger partial charge on any atom is -0.344 e. The Morgan fingerprint density at radius 1 is 0.589 bits per heavy atom. The molecule has 1 aromatic heterocycles. The van der Waals surface area contributed by atoms with Crippen molar-refractivity contribution in [1.29, 1.82) is 0 Å². The Morgan fingerprint density at radius 2 is 1.11 bits per heavy atom. The Labute approximate surface area is 553 Å². The average molecular weight is 1240 g/mol. The number of amidine groups is 1. The molecule has 5 N–H and O–H groups in total. The molecular formula is C79H137N11. The molecule has 11 heteroatoms. The first kappa shape index (κ1) is 76.4. The summed E-state index contributed by atoms with van der Waals surface area (Å²) in [6, 6.07) is 20.9. The average Bonchev–Trinajstić information content (AvgIpc) is 1.31. The Kier molecular flexibility index (Phi) is 36.3. The number of allylic oxidation sites excluding steroid dienone is 1. The number of benzene rings is 2. The van der Waals surface area contributed by atoms with E-state index in [2.05, 4.69) is 157 Å². The van der Waals surface area contributed by atoms with Gasteiger partial charge in [0, 0.05) is 59.1 Å². The molecular weight excluding hydrogens is 1100 g/mol. The number of nitrogens with zero attached hydrogens (tertiary/aromatic N) is 6. The number of hydrogen-bond donors (Lipinski definition) is 5. The van der Waals surface area contributed by atoms with E-state index in [1.807, 2.05) is 25.1 Å². The summed E-state index contributed by atoms with van der Waals surface area (Å²) >= 11 is 0. The summed E-state index contributed by atoms with van der Waals surface area (Å²) in [5.74, 6) is 8.29. The molecule has 6 atom stereocenters. The second-order valence-corrected chi connectivity index (χ2v) is 29.4. The number of hydrogen-bond acceptors (Lipinski definition) is 8. The number of rotatable bonds is 46. The summed E-state index contributed by atoms with van der Waals surface area (Å²) in [4.78, 5) is 27.9. The first-order chi connectivity index (χ1) is 43.6. The third-order valence-electron chi connectivity index (χ3n) is 21.7. The van der Waals surface area contributed by atoms with Crippen molar-refractivity contribution in [1.82, 2.24) is 30.9 Å². The number of guanidine groups is 1. The summed E-state index contributed by atoms with van der Waals surface area (Å²) in [6.45, 7) is 36.6. The van der Waals surface area contributed by atoms with Gasteiger partial charge in [0.2, 0.25) is 17.9 Å². The molecule has 2 heterocycles. The molecule has 2 aliphatic rings. The Morgan fingerprint density at radius 3 is 1.64 bits per heavy atom. The molecule has 2 fully saturated rings. The van der Waals surface area contributed by atoms with E-state index in [9.17, 15) is 0 Å². The molecule has 1 saturated heterocycles. The van der Waals surface area contributed by atoms with E-state index in [-0.39, 0.29) is 22.4 Å². The normalized spacial score (nSPS) is 19.0. The van der Waals surface area contributed by atoms with Crippen LogP contribution < -0.4 is 31.5 Å². The summed E-state index contributed by atoms with van der Waals surface area (Å²) in [7, 11) is 0. The highest BCUT2D eigenvalue weighted by molar-refractivity contribution is 6.02. The molecule has 0 spiro atoms. The summed E-state index contributed by atoms with van der Waals surface area (Å²) < 4.78 is 0. The monoisotopic (exact) mass is 1240 g/mol. The van der Waals surface area contributed by atoms with Crippen LogP contribution in [-0.4, -0.2) is 71.1 Å². The minimum atomic E-state index is -0.240. The highest BCUT2D eigenvalue weighted by Crippen LogP contribution is 2.48. The molecule has 3 aromatic rings. The van der Waals surface area contributed by atoms with Gasteiger partial charge in [-0.05, 0) is 165 Å². The predicted octanol–water partition coefficient (Wildman–Crippen LogP) is 21.5. The molecule has 0 amide bonds. The molecule has 1 aliphatic carbocycles. The van der Waals surface area contributed by atoms with Gasteiger partial charge >= 0.3 is 0 Å². The number of aromatic nitrogens is 3. The van der Waals surface area contributed by atoms with E-state index in [0.29, 0.717) is 17.8 Å². The summed E-state index contributed by atoms with van der Waals surface area (Å²) in [5.41, 5.74) is 2.89. The first-order valence-corrected chi connectivity index (χ1v) is 37.8. The lowest BCUT2D eigenvalue weighted by Gasteiger charge is -2.44. The molecule has 1 aliphatic heterocycles. The fraction of sp³-hybridized carbons (Fsp3) is 0.759. The minimum absolute atomic E-state index is 0.0396. The zero-order chi connectivity index (χ0) is 64.9. The van der Waals surface area contributed by atoms with Crippen LogP contribution in [0.4, 0.5) is 23.3 Å². The van der Waals surface area contributed by atoms with Gasteiger partial charge in [-0.25, -0.2) is 4.99 Å². The van der Waals surface area contributed by atoms with Crippen molar-refractivity contribution in [3.8, 4) is 0 Å². The van der Waals surface area contributed by atoms with Crippen LogP contribution in [0.5, 0.6) is 0 Å². The third-order valence-corrected chi connectivity index (χ3v) is 21.7. The molecule has 5 rings (SSSR count). The molecule has 0 radical (unpaired) electrons. The maximum absolute atomic E-state index is 5.36. The van der Waals surface area contributed by atoms with E-state index in [1.165, 1.54) is 173 Å². The van der Waals surface area contributed by atoms with Gasteiger partial charge in [0.25, 0.3) is 0 Å². The smallest absolute Gasteiger partial charge is 0.232 e. The standard InChI is InChI=1S/C79H137N11/c1-14-20-22-36-46-66-54-55-67(47-37-30-26-24-29-33-45-59-81-74(83-63(7)77(9,10)17-4)85-64(8)84-68-48-38-34-39-49-68)71(70(66)52-42-23-21-15-2)53-43-31-27-25-28-32-44-58-80-72(16-3)79(13,19-6)73-87-75(86-69-50-40-35-41-51-69)89-76(88-73)90-60-56-65(57-61-90)62-82-78(11,12)18-5/h34-35,38-41,48-51,65-67,70-72,80,82H,7,14-33,36-37,42-47,52-62H2,1-6,8-13H3,(H2,81,83,84,85)(H,86,87,88,89). The van der Waals surface area contributed by atoms with Crippen molar-refractivity contribution in [3.63, 3.8) is 0 Å². The third kappa shape index (κ3) is 27.7. The second kappa shape index (κ2) is 42.8. The quantitative estimate of drug-likeness (QED) is 0.0213. The lowest BCUT2D eigenvalue weighted by Crippen LogP contribution is -2.48. The number of nitrogens with one attached hydrogen (secondary N) is 5. The van der Waals surface area contributed by atoms with E-state index in [4.69, 9.17) is 24.9 Å². The lowest BCUT2D eigenvalue weighted by molar-refractivity contribution is 0.0581. The van der Waals surface area contributed by atoms with Gasteiger partial charge in [0.15, 0.2) is 0 Å². The number of anilines is 4. The van der Waals surface area contributed by atoms with Crippen LogP contribution in [0.3, 0.4) is 0 Å². The van der Waals surface area contributed by atoms with Crippen LogP contribution in [0.1, 0.15) is 307 Å². The van der Waals surface area contributed by atoms with Crippen LogP contribution >= 0.6 is 0 Å². The Bertz CT molecular complexity index is 2410. The van der Waals surface area contributed by atoms with E-state index >= 15 is 0 Å². The molecule has 90 heavy (non-hydrogen) atoms. The summed E-state index contributed by atoms with van der Waals surface area (Å²) in [6.07, 6.45) is 45.1. The van der Waals surface area contributed by atoms with Crippen molar-refractivity contribution in [2.45, 2.75) is 318 Å². The molecule has 6 unspecified atom stereocenters. The Balaban J connectivity index is 1.09. The van der Waals surface area contributed by atoms with Crippen molar-refractivity contribution in [3.05, 3.63) is 78.8 Å². The zero-order valence-electron chi connectivity index (χ0n) is 60.2. The maximum Gasteiger partial charge on any atom is 0.232 e. The van der Waals surface area contributed by atoms with Gasteiger partial charge in [0.1, 0.15) is 11.7 Å². The van der Waals surface area contributed by atoms with E-state index < -0.39 is 0 Å². The maximum atomic E-state index is 5.36. The fourth-order valence-corrected chi connectivity index (χ4v) is 14.3. The highest BCUT2D eigenvalue weighted by atomic mass is 15.3. The lowest BCUT2D eigenvalue weighted by atomic mass is 9.61. The van der Waals surface area contributed by atoms with Crippen LogP contribution in [-0.2, 0) is 5.41 Å².